The van der Waals surface area contributed by atoms with Gasteiger partial charge in [0, 0.05) is 23.3 Å². The second-order valence-corrected chi connectivity index (χ2v) is 7.78. The number of para-hydroxylation sites is 1. The Morgan fingerprint density at radius 2 is 2.12 bits per heavy atom. The number of hydrogen-bond donors (Lipinski definition) is 1. The standard InChI is InChI=1S/C20H24N4O2/c1-4-9-26-16-8-6-5-7-13(16)18-17-14(10-20(2,3)11-15(17)25)23-19-21-12-22-24(18)19/h5-8,12,18H,4,9-11H2,1-3H3,(H,21,22,23). The highest BCUT2D eigenvalue weighted by molar-refractivity contribution is 6.00. The Labute approximate surface area is 153 Å². The maximum atomic E-state index is 13.1. The average Bonchev–Trinajstić information content (AvgIpc) is 3.05. The number of anilines is 1. The van der Waals surface area contributed by atoms with E-state index in [4.69, 9.17) is 4.74 Å². The molecular weight excluding hydrogens is 328 g/mol. The maximum absolute atomic E-state index is 13.1. The van der Waals surface area contributed by atoms with Crippen LogP contribution < -0.4 is 10.1 Å². The smallest absolute Gasteiger partial charge is 0.226 e. The van der Waals surface area contributed by atoms with Gasteiger partial charge in [0.2, 0.25) is 5.95 Å². The third-order valence-corrected chi connectivity index (χ3v) is 4.95. The van der Waals surface area contributed by atoms with Crippen molar-refractivity contribution < 1.29 is 9.53 Å². The van der Waals surface area contributed by atoms with Crippen molar-refractivity contribution in [1.29, 1.82) is 0 Å². The number of rotatable bonds is 4. The highest BCUT2D eigenvalue weighted by atomic mass is 16.5. The van der Waals surface area contributed by atoms with E-state index < -0.39 is 0 Å². The summed E-state index contributed by atoms with van der Waals surface area (Å²) < 4.78 is 7.77. The Bertz CT molecular complexity index is 881. The van der Waals surface area contributed by atoms with Gasteiger partial charge in [-0.15, -0.1) is 0 Å². The van der Waals surface area contributed by atoms with Gasteiger partial charge in [0.05, 0.1) is 6.61 Å². The van der Waals surface area contributed by atoms with Gasteiger partial charge in [0.1, 0.15) is 18.1 Å². The molecule has 0 bridgehead atoms. The first-order chi connectivity index (χ1) is 12.5. The molecule has 1 atom stereocenters. The van der Waals surface area contributed by atoms with E-state index in [0.29, 0.717) is 19.0 Å². The molecule has 26 heavy (non-hydrogen) atoms. The summed E-state index contributed by atoms with van der Waals surface area (Å²) in [6.45, 7) is 6.97. The number of ketones is 1. The van der Waals surface area contributed by atoms with Crippen LogP contribution in [0.4, 0.5) is 5.95 Å². The summed E-state index contributed by atoms with van der Waals surface area (Å²) in [6.07, 6.45) is 3.80. The molecule has 0 fully saturated rings. The summed E-state index contributed by atoms with van der Waals surface area (Å²) in [7, 11) is 0. The molecule has 1 aliphatic carbocycles. The number of carbonyl (C=O) groups excluding carboxylic acids is 1. The molecule has 0 amide bonds. The fourth-order valence-corrected chi connectivity index (χ4v) is 3.89. The molecule has 136 valence electrons. The molecule has 2 heterocycles. The number of carbonyl (C=O) groups is 1. The minimum Gasteiger partial charge on any atom is -0.493 e. The third kappa shape index (κ3) is 2.79. The topological polar surface area (TPSA) is 69.0 Å². The highest BCUT2D eigenvalue weighted by Crippen LogP contribution is 2.46. The normalized spacial score (nSPS) is 21.0. The predicted molar refractivity (Wildman–Crippen MR) is 99.1 cm³/mol. The fourth-order valence-electron chi connectivity index (χ4n) is 3.89. The molecule has 1 aliphatic heterocycles. The third-order valence-electron chi connectivity index (χ3n) is 4.95. The Balaban J connectivity index is 1.87. The lowest BCUT2D eigenvalue weighted by Gasteiger charge is -2.38. The van der Waals surface area contributed by atoms with Gasteiger partial charge in [0.25, 0.3) is 0 Å². The van der Waals surface area contributed by atoms with E-state index in [1.165, 1.54) is 6.33 Å². The van der Waals surface area contributed by atoms with Crippen molar-refractivity contribution in [3.63, 3.8) is 0 Å². The first kappa shape index (κ1) is 16.8. The summed E-state index contributed by atoms with van der Waals surface area (Å²) in [5.41, 5.74) is 2.64. The number of hydrogen-bond acceptors (Lipinski definition) is 5. The lowest BCUT2D eigenvalue weighted by Crippen LogP contribution is -2.36. The average molecular weight is 352 g/mol. The van der Waals surface area contributed by atoms with Crippen LogP contribution in [0, 0.1) is 5.41 Å². The largest absolute Gasteiger partial charge is 0.493 e. The van der Waals surface area contributed by atoms with Gasteiger partial charge in [-0.25, -0.2) is 4.68 Å². The number of benzene rings is 1. The van der Waals surface area contributed by atoms with Crippen LogP contribution in [0.5, 0.6) is 5.75 Å². The molecule has 6 nitrogen and oxygen atoms in total. The van der Waals surface area contributed by atoms with Gasteiger partial charge >= 0.3 is 0 Å². The lowest BCUT2D eigenvalue weighted by atomic mass is 9.73. The summed E-state index contributed by atoms with van der Waals surface area (Å²) in [6, 6.07) is 7.61. The molecule has 1 N–H and O–H groups in total. The summed E-state index contributed by atoms with van der Waals surface area (Å²) >= 11 is 0. The monoisotopic (exact) mass is 352 g/mol. The molecule has 2 aliphatic rings. The quantitative estimate of drug-likeness (QED) is 0.908. The Morgan fingerprint density at radius 3 is 2.92 bits per heavy atom. The summed E-state index contributed by atoms with van der Waals surface area (Å²) in [5, 5.41) is 7.73. The van der Waals surface area contributed by atoms with Gasteiger partial charge in [-0.2, -0.15) is 10.1 Å². The number of Topliss-reactive ketones (excluding diaryl/α,β-unsaturated/α-hetero) is 1. The minimum atomic E-state index is -0.305. The molecule has 4 rings (SSSR count). The van der Waals surface area contributed by atoms with E-state index in [2.05, 4.69) is 36.2 Å². The van der Waals surface area contributed by atoms with E-state index in [1.807, 2.05) is 24.3 Å². The van der Waals surface area contributed by atoms with Crippen molar-refractivity contribution in [1.82, 2.24) is 14.8 Å². The first-order valence-corrected chi connectivity index (χ1v) is 9.14. The van der Waals surface area contributed by atoms with Crippen LogP contribution in [0.25, 0.3) is 0 Å². The van der Waals surface area contributed by atoms with E-state index in [-0.39, 0.29) is 17.2 Å². The zero-order chi connectivity index (χ0) is 18.3. The molecule has 6 heteroatoms. The zero-order valence-electron chi connectivity index (χ0n) is 15.5. The summed E-state index contributed by atoms with van der Waals surface area (Å²) in [4.78, 5) is 17.4. The SMILES string of the molecule is CCCOc1ccccc1C1C2=C(CC(C)(C)CC2=O)Nc2ncnn21. The molecule has 1 unspecified atom stereocenters. The second kappa shape index (κ2) is 6.27. The number of allylic oxidation sites excluding steroid dienone is 2. The van der Waals surface area contributed by atoms with Crippen molar-refractivity contribution in [2.75, 3.05) is 11.9 Å². The van der Waals surface area contributed by atoms with E-state index in [0.717, 1.165) is 35.4 Å². The van der Waals surface area contributed by atoms with Gasteiger partial charge in [0.15, 0.2) is 5.78 Å². The molecule has 0 saturated carbocycles. The number of fused-ring (bicyclic) bond motifs is 1. The second-order valence-electron chi connectivity index (χ2n) is 7.78. The van der Waals surface area contributed by atoms with Crippen LogP contribution >= 0.6 is 0 Å². The van der Waals surface area contributed by atoms with Crippen LogP contribution in [0.15, 0.2) is 41.9 Å². The van der Waals surface area contributed by atoms with Crippen LogP contribution in [0.3, 0.4) is 0 Å². The molecule has 1 aromatic carbocycles. The highest BCUT2D eigenvalue weighted by Gasteiger charge is 2.42. The molecular formula is C20H24N4O2. The van der Waals surface area contributed by atoms with Gasteiger partial charge in [-0.05, 0) is 24.3 Å². The number of aromatic nitrogens is 3. The number of ether oxygens (including phenoxy) is 1. The van der Waals surface area contributed by atoms with Crippen molar-refractivity contribution >= 4 is 11.7 Å². The van der Waals surface area contributed by atoms with Crippen molar-refractivity contribution in [3.8, 4) is 5.75 Å². The van der Waals surface area contributed by atoms with Crippen molar-refractivity contribution in [3.05, 3.63) is 47.4 Å². The fraction of sp³-hybridized carbons (Fsp3) is 0.450. The number of nitrogens with one attached hydrogen (secondary N) is 1. The molecule has 0 radical (unpaired) electrons. The lowest BCUT2D eigenvalue weighted by molar-refractivity contribution is -0.118. The molecule has 0 spiro atoms. The Hall–Kier alpha value is -2.63. The van der Waals surface area contributed by atoms with E-state index in [1.54, 1.807) is 4.68 Å². The number of nitrogens with zero attached hydrogens (tertiary/aromatic N) is 3. The van der Waals surface area contributed by atoms with Gasteiger partial charge in [-0.1, -0.05) is 39.0 Å². The van der Waals surface area contributed by atoms with Gasteiger partial charge < -0.3 is 10.1 Å². The van der Waals surface area contributed by atoms with Crippen LogP contribution in [0.2, 0.25) is 0 Å². The summed E-state index contributed by atoms with van der Waals surface area (Å²) in [5.74, 6) is 1.64. The first-order valence-electron chi connectivity index (χ1n) is 9.14. The van der Waals surface area contributed by atoms with Crippen molar-refractivity contribution in [2.45, 2.75) is 46.1 Å². The van der Waals surface area contributed by atoms with Crippen LogP contribution in [-0.4, -0.2) is 27.2 Å². The van der Waals surface area contributed by atoms with E-state index >= 15 is 0 Å². The molecule has 1 aromatic heterocycles. The Kier molecular flexibility index (Phi) is 4.05. The molecule has 0 saturated heterocycles. The predicted octanol–water partition coefficient (Wildman–Crippen LogP) is 3.73. The minimum absolute atomic E-state index is 0.0616. The zero-order valence-corrected chi connectivity index (χ0v) is 15.5. The Morgan fingerprint density at radius 1 is 1.31 bits per heavy atom. The van der Waals surface area contributed by atoms with E-state index in [9.17, 15) is 4.79 Å². The molecule has 2 aromatic rings. The van der Waals surface area contributed by atoms with Crippen LogP contribution in [0.1, 0.15) is 51.6 Å². The van der Waals surface area contributed by atoms with Gasteiger partial charge in [-0.3, -0.25) is 4.79 Å². The van der Waals surface area contributed by atoms with Crippen molar-refractivity contribution in [2.24, 2.45) is 5.41 Å². The van der Waals surface area contributed by atoms with Crippen LogP contribution in [-0.2, 0) is 4.79 Å². The maximum Gasteiger partial charge on any atom is 0.226 e.